The van der Waals surface area contributed by atoms with Crippen molar-refractivity contribution in [1.82, 2.24) is 4.31 Å². The molecular weight excluding hydrogens is 186 g/mol. The Morgan fingerprint density at radius 1 is 1.36 bits per heavy atom. The fraction of sp³-hybridized carbons (Fsp3) is 1.00. The lowest BCUT2D eigenvalue weighted by Crippen LogP contribution is -2.47. The van der Waals surface area contributed by atoms with Crippen molar-refractivity contribution in [1.29, 1.82) is 0 Å². The predicted octanol–water partition coefficient (Wildman–Crippen LogP) is 0.651. The zero-order valence-corrected chi connectivity index (χ0v) is 7.86. The summed E-state index contributed by atoms with van der Waals surface area (Å²) >= 11 is 5.45. The smallest absolute Gasteiger partial charge is 0.212 e. The van der Waals surface area contributed by atoms with Crippen LogP contribution in [0.1, 0.15) is 12.8 Å². The van der Waals surface area contributed by atoms with Gasteiger partial charge in [0.15, 0.2) is 0 Å². The van der Waals surface area contributed by atoms with Crippen LogP contribution in [0.25, 0.3) is 0 Å². The molecule has 0 bridgehead atoms. The molecule has 3 nitrogen and oxygen atoms in total. The van der Waals surface area contributed by atoms with Gasteiger partial charge in [-0.2, -0.15) is 0 Å². The van der Waals surface area contributed by atoms with Crippen LogP contribution in [-0.2, 0) is 10.0 Å². The molecule has 0 radical (unpaired) electrons. The summed E-state index contributed by atoms with van der Waals surface area (Å²) in [5.74, 6) is 0.946. The molecule has 1 fully saturated rings. The summed E-state index contributed by atoms with van der Waals surface area (Å²) in [5.41, 5.74) is 0. The van der Waals surface area contributed by atoms with Crippen molar-refractivity contribution >= 4 is 21.6 Å². The highest BCUT2D eigenvalue weighted by Gasteiger charge is 2.31. The van der Waals surface area contributed by atoms with Gasteiger partial charge >= 0.3 is 0 Å². The minimum Gasteiger partial charge on any atom is -0.212 e. The van der Waals surface area contributed by atoms with Crippen LogP contribution in [0.4, 0.5) is 0 Å². The standard InChI is InChI=1S/C6H12ClNO2S/c7-3-1-2-4-8-5-6-11(8,9)10/h1-6H2. The molecule has 1 rings (SSSR count). The maximum Gasteiger partial charge on any atom is 0.215 e. The van der Waals surface area contributed by atoms with Crippen LogP contribution in [-0.4, -0.2) is 37.4 Å². The molecule has 0 spiro atoms. The van der Waals surface area contributed by atoms with E-state index in [1.807, 2.05) is 0 Å². The van der Waals surface area contributed by atoms with Crippen molar-refractivity contribution in [2.45, 2.75) is 12.8 Å². The molecule has 1 heterocycles. The third-order valence-electron chi connectivity index (χ3n) is 1.78. The maximum absolute atomic E-state index is 10.9. The van der Waals surface area contributed by atoms with Crippen molar-refractivity contribution in [2.24, 2.45) is 0 Å². The van der Waals surface area contributed by atoms with Crippen LogP contribution < -0.4 is 0 Å². The highest BCUT2D eigenvalue weighted by Crippen LogP contribution is 2.13. The third-order valence-corrected chi connectivity index (χ3v) is 3.90. The zero-order valence-electron chi connectivity index (χ0n) is 6.29. The summed E-state index contributed by atoms with van der Waals surface area (Å²) in [6.45, 7) is 1.35. The molecule has 0 atom stereocenters. The van der Waals surface area contributed by atoms with Crippen molar-refractivity contribution < 1.29 is 8.42 Å². The summed E-state index contributed by atoms with van der Waals surface area (Å²) in [5, 5.41) is 0. The Morgan fingerprint density at radius 2 is 2.09 bits per heavy atom. The second-order valence-corrected chi connectivity index (χ2v) is 5.08. The number of unbranched alkanes of at least 4 members (excludes halogenated alkanes) is 1. The molecule has 0 saturated carbocycles. The summed E-state index contributed by atoms with van der Waals surface area (Å²) in [6, 6.07) is 0. The lowest BCUT2D eigenvalue weighted by molar-refractivity contribution is 0.378. The van der Waals surface area contributed by atoms with E-state index in [0.717, 1.165) is 12.8 Å². The molecular formula is C6H12ClNO2S. The Labute approximate surface area is 72.4 Å². The molecule has 1 saturated heterocycles. The SMILES string of the molecule is O=S1(=O)CCN1CCCCCl. The van der Waals surface area contributed by atoms with Gasteiger partial charge in [0.1, 0.15) is 0 Å². The van der Waals surface area contributed by atoms with E-state index in [4.69, 9.17) is 11.6 Å². The Kier molecular flexibility index (Phi) is 3.16. The van der Waals surface area contributed by atoms with Crippen LogP contribution in [0.5, 0.6) is 0 Å². The van der Waals surface area contributed by atoms with E-state index in [9.17, 15) is 8.42 Å². The minimum atomic E-state index is -2.81. The second kappa shape index (κ2) is 3.74. The van der Waals surface area contributed by atoms with Crippen LogP contribution in [0.3, 0.4) is 0 Å². The molecule has 1 aliphatic rings. The molecule has 11 heavy (non-hydrogen) atoms. The average molecular weight is 198 g/mol. The lowest BCUT2D eigenvalue weighted by Gasteiger charge is -2.29. The van der Waals surface area contributed by atoms with Gasteiger partial charge in [-0.1, -0.05) is 0 Å². The minimum absolute atomic E-state index is 0.327. The first kappa shape index (κ1) is 9.29. The zero-order chi connectivity index (χ0) is 8.32. The topological polar surface area (TPSA) is 37.4 Å². The van der Waals surface area contributed by atoms with Crippen molar-refractivity contribution in [3.05, 3.63) is 0 Å². The van der Waals surface area contributed by atoms with Gasteiger partial charge < -0.3 is 0 Å². The van der Waals surface area contributed by atoms with Gasteiger partial charge in [0, 0.05) is 19.0 Å². The quantitative estimate of drug-likeness (QED) is 0.490. The molecule has 0 aliphatic carbocycles. The van der Waals surface area contributed by atoms with Crippen LogP contribution in [0, 0.1) is 0 Å². The summed E-state index contributed by atoms with van der Waals surface area (Å²) in [6.07, 6.45) is 1.77. The van der Waals surface area contributed by atoms with Gasteiger partial charge in [-0.25, -0.2) is 12.7 Å². The number of halogens is 1. The normalized spacial score (nSPS) is 23.0. The van der Waals surface area contributed by atoms with Crippen molar-refractivity contribution in [3.8, 4) is 0 Å². The third kappa shape index (κ3) is 2.32. The average Bonchev–Trinajstić information content (AvgIpc) is 1.96. The molecule has 0 aromatic rings. The van der Waals surface area contributed by atoms with Crippen LogP contribution in [0.15, 0.2) is 0 Å². The Hall–Kier alpha value is 0.200. The van der Waals surface area contributed by atoms with Crippen LogP contribution >= 0.6 is 11.6 Å². The van der Waals surface area contributed by atoms with E-state index in [1.54, 1.807) is 0 Å². The van der Waals surface area contributed by atoms with Gasteiger partial charge in [-0.05, 0) is 12.8 Å². The Balaban J connectivity index is 2.19. The maximum atomic E-state index is 10.9. The monoisotopic (exact) mass is 197 g/mol. The van der Waals surface area contributed by atoms with Crippen molar-refractivity contribution in [2.75, 3.05) is 24.7 Å². The predicted molar refractivity (Wildman–Crippen MR) is 45.3 cm³/mol. The summed E-state index contributed by atoms with van der Waals surface area (Å²) < 4.78 is 23.3. The molecule has 0 aromatic heterocycles. The van der Waals surface area contributed by atoms with Crippen molar-refractivity contribution in [3.63, 3.8) is 0 Å². The van der Waals surface area contributed by atoms with E-state index >= 15 is 0 Å². The highest BCUT2D eigenvalue weighted by atomic mass is 35.5. The van der Waals surface area contributed by atoms with Gasteiger partial charge in [-0.15, -0.1) is 11.6 Å². The molecule has 0 N–H and O–H groups in total. The first-order chi connectivity index (χ1) is 5.17. The lowest BCUT2D eigenvalue weighted by atomic mass is 10.3. The summed E-state index contributed by atoms with van der Waals surface area (Å²) in [4.78, 5) is 0. The van der Waals surface area contributed by atoms with E-state index in [0.29, 0.717) is 24.7 Å². The number of nitrogens with zero attached hydrogens (tertiary/aromatic N) is 1. The van der Waals surface area contributed by atoms with E-state index < -0.39 is 10.0 Å². The molecule has 1 aliphatic heterocycles. The molecule has 0 unspecified atom stereocenters. The van der Waals surface area contributed by atoms with E-state index in [2.05, 4.69) is 0 Å². The van der Waals surface area contributed by atoms with Gasteiger partial charge in [0.2, 0.25) is 10.0 Å². The fourth-order valence-corrected chi connectivity index (χ4v) is 2.34. The first-order valence-electron chi connectivity index (χ1n) is 3.70. The van der Waals surface area contributed by atoms with Gasteiger partial charge in [-0.3, -0.25) is 0 Å². The van der Waals surface area contributed by atoms with Gasteiger partial charge in [0.05, 0.1) is 5.75 Å². The highest BCUT2D eigenvalue weighted by molar-refractivity contribution is 7.90. The number of rotatable bonds is 4. The number of alkyl halides is 1. The molecule has 66 valence electrons. The number of hydrogen-bond acceptors (Lipinski definition) is 2. The first-order valence-corrected chi connectivity index (χ1v) is 5.85. The van der Waals surface area contributed by atoms with Crippen LogP contribution in [0.2, 0.25) is 0 Å². The largest absolute Gasteiger partial charge is 0.215 e. The van der Waals surface area contributed by atoms with E-state index in [-0.39, 0.29) is 0 Å². The molecule has 5 heteroatoms. The number of sulfonamides is 1. The molecule has 0 aromatic carbocycles. The fourth-order valence-electron chi connectivity index (χ4n) is 1.00. The summed E-state index contributed by atoms with van der Waals surface area (Å²) in [7, 11) is -2.81. The Morgan fingerprint density at radius 3 is 2.45 bits per heavy atom. The van der Waals surface area contributed by atoms with E-state index in [1.165, 1.54) is 4.31 Å². The Bertz CT molecular complexity index is 215. The van der Waals surface area contributed by atoms with Gasteiger partial charge in [0.25, 0.3) is 0 Å². The molecule has 0 amide bonds. The second-order valence-electron chi connectivity index (χ2n) is 2.61. The number of hydrogen-bond donors (Lipinski definition) is 0.